The lowest BCUT2D eigenvalue weighted by atomic mass is 9.93. The molecule has 0 saturated carbocycles. The second-order valence-corrected chi connectivity index (χ2v) is 10.1. The Morgan fingerprint density at radius 3 is 2.14 bits per heavy atom. The van der Waals surface area contributed by atoms with E-state index in [1.807, 2.05) is 62.4 Å². The fourth-order valence-corrected chi connectivity index (χ4v) is 4.06. The van der Waals surface area contributed by atoms with Crippen molar-refractivity contribution in [2.75, 3.05) is 13.1 Å². The van der Waals surface area contributed by atoms with Gasteiger partial charge in [-0.05, 0) is 63.3 Å². The van der Waals surface area contributed by atoms with Crippen LogP contribution in [0.3, 0.4) is 0 Å². The first-order valence-corrected chi connectivity index (χ1v) is 12.7. The molecule has 7 nitrogen and oxygen atoms in total. The number of hydrogen-bond acceptors (Lipinski definition) is 4. The van der Waals surface area contributed by atoms with Gasteiger partial charge in [0.1, 0.15) is 18.2 Å². The van der Waals surface area contributed by atoms with E-state index in [4.69, 9.17) is 4.74 Å². The van der Waals surface area contributed by atoms with Crippen molar-refractivity contribution < 1.29 is 19.1 Å². The first-order valence-electron chi connectivity index (χ1n) is 12.7. The molecule has 0 heterocycles. The minimum Gasteiger partial charge on any atom is -0.444 e. The first kappa shape index (κ1) is 28.9. The number of unbranched alkanes of at least 4 members (excludes halogenated alkanes) is 2. The summed E-state index contributed by atoms with van der Waals surface area (Å²) < 4.78 is 5.28. The molecule has 2 aromatic carbocycles. The van der Waals surface area contributed by atoms with Crippen molar-refractivity contribution in [1.82, 2.24) is 15.5 Å². The number of rotatable bonds is 11. The number of nitrogens with one attached hydrogen (secondary N) is 2. The van der Waals surface area contributed by atoms with Crippen LogP contribution in [0.4, 0.5) is 4.79 Å². The molecular weight excluding hydrogens is 454 g/mol. The summed E-state index contributed by atoms with van der Waals surface area (Å²) in [5.74, 6) is -0.585. The van der Waals surface area contributed by atoms with Crippen LogP contribution < -0.4 is 10.6 Å². The van der Waals surface area contributed by atoms with E-state index in [2.05, 4.69) is 17.6 Å². The summed E-state index contributed by atoms with van der Waals surface area (Å²) in [6, 6.07) is 14.7. The third-order valence-electron chi connectivity index (χ3n) is 5.79. The van der Waals surface area contributed by atoms with E-state index < -0.39 is 17.7 Å². The van der Waals surface area contributed by atoms with Crippen LogP contribution in [-0.4, -0.2) is 41.5 Å². The van der Waals surface area contributed by atoms with Crippen molar-refractivity contribution in [3.05, 3.63) is 70.8 Å². The fourth-order valence-electron chi connectivity index (χ4n) is 4.06. The SMILES string of the molecule is CCCCCN(C(=O)CNC(=O)OC(C)(C)C)C(C(=O)NCc1ccccc1)c1c(C)cccc1C. The molecule has 0 fully saturated rings. The number of carbonyl (C=O) groups excluding carboxylic acids is 3. The highest BCUT2D eigenvalue weighted by atomic mass is 16.6. The van der Waals surface area contributed by atoms with Gasteiger partial charge >= 0.3 is 6.09 Å². The van der Waals surface area contributed by atoms with Gasteiger partial charge in [0.15, 0.2) is 0 Å². The molecule has 196 valence electrons. The quantitative estimate of drug-likeness (QED) is 0.419. The summed E-state index contributed by atoms with van der Waals surface area (Å²) in [6.07, 6.45) is 1.99. The molecule has 1 atom stereocenters. The highest BCUT2D eigenvalue weighted by molar-refractivity contribution is 5.91. The lowest BCUT2D eigenvalue weighted by Crippen LogP contribution is -2.48. The Hall–Kier alpha value is -3.35. The molecule has 1 unspecified atom stereocenters. The normalized spacial score (nSPS) is 11.9. The van der Waals surface area contributed by atoms with Crippen LogP contribution in [0.2, 0.25) is 0 Å². The molecule has 0 saturated heterocycles. The average Bonchev–Trinajstić information content (AvgIpc) is 2.81. The van der Waals surface area contributed by atoms with E-state index in [-0.39, 0.29) is 18.4 Å². The minimum atomic E-state index is -0.820. The number of carbonyl (C=O) groups is 3. The first-order chi connectivity index (χ1) is 17.0. The van der Waals surface area contributed by atoms with Crippen molar-refractivity contribution >= 4 is 17.9 Å². The van der Waals surface area contributed by atoms with E-state index in [9.17, 15) is 14.4 Å². The third kappa shape index (κ3) is 9.02. The van der Waals surface area contributed by atoms with E-state index in [0.717, 1.165) is 41.5 Å². The monoisotopic (exact) mass is 495 g/mol. The lowest BCUT2D eigenvalue weighted by Gasteiger charge is -2.33. The maximum absolute atomic E-state index is 13.7. The maximum atomic E-state index is 13.7. The molecule has 36 heavy (non-hydrogen) atoms. The number of nitrogens with zero attached hydrogens (tertiary/aromatic N) is 1. The van der Waals surface area contributed by atoms with Gasteiger partial charge in [0.05, 0.1) is 0 Å². The Balaban J connectivity index is 2.36. The van der Waals surface area contributed by atoms with Gasteiger partial charge in [-0.25, -0.2) is 4.79 Å². The molecule has 0 aliphatic carbocycles. The number of benzene rings is 2. The van der Waals surface area contributed by atoms with Crippen LogP contribution in [0.1, 0.15) is 75.3 Å². The van der Waals surface area contributed by atoms with Crippen LogP contribution in [0, 0.1) is 13.8 Å². The minimum absolute atomic E-state index is 0.252. The molecule has 7 heteroatoms. The van der Waals surface area contributed by atoms with Gasteiger partial charge in [-0.3, -0.25) is 9.59 Å². The molecule has 0 aromatic heterocycles. The van der Waals surface area contributed by atoms with Gasteiger partial charge in [-0.15, -0.1) is 0 Å². The molecule has 0 spiro atoms. The predicted octanol–water partition coefficient (Wildman–Crippen LogP) is 5.20. The second kappa shape index (κ2) is 13.7. The van der Waals surface area contributed by atoms with E-state index >= 15 is 0 Å². The highest BCUT2D eigenvalue weighted by Gasteiger charge is 2.33. The molecule has 0 bridgehead atoms. The van der Waals surface area contributed by atoms with Crippen molar-refractivity contribution in [1.29, 1.82) is 0 Å². The Morgan fingerprint density at radius 1 is 0.917 bits per heavy atom. The van der Waals surface area contributed by atoms with Crippen LogP contribution in [0.5, 0.6) is 0 Å². The molecular formula is C29H41N3O4. The smallest absolute Gasteiger partial charge is 0.408 e. The Kier molecular flexibility index (Phi) is 11.0. The Morgan fingerprint density at radius 2 is 1.56 bits per heavy atom. The molecule has 0 radical (unpaired) electrons. The van der Waals surface area contributed by atoms with Crippen LogP contribution in [-0.2, 0) is 20.9 Å². The van der Waals surface area contributed by atoms with Crippen molar-refractivity contribution in [3.63, 3.8) is 0 Å². The summed E-state index contributed by atoms with van der Waals surface area (Å²) in [5.41, 5.74) is 2.98. The molecule has 2 aromatic rings. The number of alkyl carbamates (subject to hydrolysis) is 1. The van der Waals surface area contributed by atoms with E-state index in [0.29, 0.717) is 13.1 Å². The maximum Gasteiger partial charge on any atom is 0.408 e. The largest absolute Gasteiger partial charge is 0.444 e. The molecule has 3 amide bonds. The van der Waals surface area contributed by atoms with Crippen molar-refractivity contribution in [3.8, 4) is 0 Å². The summed E-state index contributed by atoms with van der Waals surface area (Å²) in [6.45, 7) is 11.8. The topological polar surface area (TPSA) is 87.7 Å². The van der Waals surface area contributed by atoms with Crippen molar-refractivity contribution in [2.45, 2.75) is 79.0 Å². The summed E-state index contributed by atoms with van der Waals surface area (Å²) in [4.78, 5) is 41.0. The Labute approximate surface area is 215 Å². The highest BCUT2D eigenvalue weighted by Crippen LogP contribution is 2.28. The standard InChI is InChI=1S/C29H41N3O4/c1-7-8-12-18-32(24(33)20-31-28(35)36-29(4,5)6)26(25-21(2)14-13-15-22(25)3)27(34)30-19-23-16-10-9-11-17-23/h9-11,13-17,26H,7-8,12,18-20H2,1-6H3,(H,30,34)(H,31,35). The zero-order chi connectivity index (χ0) is 26.7. The number of amides is 3. The Bertz CT molecular complexity index is 995. The summed E-state index contributed by atoms with van der Waals surface area (Å²) in [7, 11) is 0. The molecule has 0 aliphatic rings. The molecule has 0 aliphatic heterocycles. The van der Waals surface area contributed by atoms with E-state index in [1.165, 1.54) is 0 Å². The van der Waals surface area contributed by atoms with Crippen LogP contribution in [0.25, 0.3) is 0 Å². The van der Waals surface area contributed by atoms with Gasteiger partial charge in [0.25, 0.3) is 0 Å². The zero-order valence-corrected chi connectivity index (χ0v) is 22.5. The van der Waals surface area contributed by atoms with Gasteiger partial charge in [-0.1, -0.05) is 68.3 Å². The number of aryl methyl sites for hydroxylation is 2. The molecule has 2 rings (SSSR count). The summed E-state index contributed by atoms with van der Waals surface area (Å²) >= 11 is 0. The van der Waals surface area contributed by atoms with Gasteiger partial charge < -0.3 is 20.3 Å². The van der Waals surface area contributed by atoms with E-state index in [1.54, 1.807) is 25.7 Å². The van der Waals surface area contributed by atoms with Gasteiger partial charge in [0, 0.05) is 13.1 Å². The molecule has 2 N–H and O–H groups in total. The second-order valence-electron chi connectivity index (χ2n) is 10.1. The zero-order valence-electron chi connectivity index (χ0n) is 22.5. The third-order valence-corrected chi connectivity index (χ3v) is 5.79. The van der Waals surface area contributed by atoms with Gasteiger partial charge in [-0.2, -0.15) is 0 Å². The van der Waals surface area contributed by atoms with Gasteiger partial charge in [0.2, 0.25) is 11.8 Å². The van der Waals surface area contributed by atoms with Crippen LogP contribution >= 0.6 is 0 Å². The number of ether oxygens (including phenoxy) is 1. The van der Waals surface area contributed by atoms with Crippen LogP contribution in [0.15, 0.2) is 48.5 Å². The summed E-state index contributed by atoms with van der Waals surface area (Å²) in [5, 5.41) is 5.59. The lowest BCUT2D eigenvalue weighted by molar-refractivity contribution is -0.140. The number of hydrogen-bond donors (Lipinski definition) is 2. The predicted molar refractivity (Wildman–Crippen MR) is 142 cm³/mol. The average molecular weight is 496 g/mol. The fraction of sp³-hybridized carbons (Fsp3) is 0.483. The van der Waals surface area contributed by atoms with Crippen molar-refractivity contribution in [2.24, 2.45) is 0 Å².